The molecule has 3 heterocycles. The van der Waals surface area contributed by atoms with Crippen LogP contribution in [0.5, 0.6) is 0 Å². The van der Waals surface area contributed by atoms with Crippen LogP contribution in [-0.4, -0.2) is 48.9 Å². The van der Waals surface area contributed by atoms with Crippen molar-refractivity contribution >= 4 is 28.7 Å². The molecule has 1 atom stereocenters. The van der Waals surface area contributed by atoms with Gasteiger partial charge in [-0.25, -0.2) is 9.67 Å². The molecule has 1 aromatic carbocycles. The van der Waals surface area contributed by atoms with Gasteiger partial charge in [-0.15, -0.1) is 5.10 Å². The summed E-state index contributed by atoms with van der Waals surface area (Å²) < 4.78 is 1.62. The molecule has 9 heteroatoms. The molecule has 158 valence electrons. The fraction of sp³-hybridized carbons (Fsp3) is 0.476. The standard InChI is InChI=1S/C21H25ClN6O2/c1-13(2)9-17(29)27-8-4-6-15(12-27)19-23-20-18(21(30)24-19)25-26-28(20)11-14-5-3-7-16(22)10-14/h3,5,7,10,13,15H,4,6,8-9,11-12H2,1-2H3,(H,23,24,30). The van der Waals surface area contributed by atoms with Gasteiger partial charge in [0, 0.05) is 30.5 Å². The van der Waals surface area contributed by atoms with Crippen molar-refractivity contribution in [3.8, 4) is 0 Å². The number of H-pyrrole nitrogens is 1. The minimum absolute atomic E-state index is 0.0125. The van der Waals surface area contributed by atoms with E-state index in [0.717, 1.165) is 24.9 Å². The summed E-state index contributed by atoms with van der Waals surface area (Å²) in [6, 6.07) is 7.46. The highest BCUT2D eigenvalue weighted by Gasteiger charge is 2.27. The average Bonchev–Trinajstić information content (AvgIpc) is 3.11. The summed E-state index contributed by atoms with van der Waals surface area (Å²) >= 11 is 6.08. The summed E-state index contributed by atoms with van der Waals surface area (Å²) in [5.41, 5.74) is 1.29. The highest BCUT2D eigenvalue weighted by Crippen LogP contribution is 2.25. The van der Waals surface area contributed by atoms with Crippen molar-refractivity contribution in [2.45, 2.75) is 45.6 Å². The molecule has 1 aliphatic rings. The van der Waals surface area contributed by atoms with Gasteiger partial charge in [0.1, 0.15) is 5.82 Å². The predicted molar refractivity (Wildman–Crippen MR) is 115 cm³/mol. The number of piperidine rings is 1. The van der Waals surface area contributed by atoms with Crippen LogP contribution in [0, 0.1) is 5.92 Å². The van der Waals surface area contributed by atoms with E-state index in [-0.39, 0.29) is 22.9 Å². The largest absolute Gasteiger partial charge is 0.342 e. The van der Waals surface area contributed by atoms with E-state index < -0.39 is 0 Å². The maximum absolute atomic E-state index is 12.6. The van der Waals surface area contributed by atoms with E-state index in [2.05, 4.69) is 15.3 Å². The van der Waals surface area contributed by atoms with Crippen LogP contribution in [0.3, 0.4) is 0 Å². The van der Waals surface area contributed by atoms with Gasteiger partial charge in [-0.3, -0.25) is 9.59 Å². The molecule has 1 unspecified atom stereocenters. The van der Waals surface area contributed by atoms with Crippen LogP contribution >= 0.6 is 11.6 Å². The minimum Gasteiger partial charge on any atom is -0.342 e. The van der Waals surface area contributed by atoms with Crippen molar-refractivity contribution in [1.82, 2.24) is 29.9 Å². The van der Waals surface area contributed by atoms with Crippen LogP contribution in [0.15, 0.2) is 29.1 Å². The molecule has 1 aliphatic heterocycles. The Kier molecular flexibility index (Phi) is 5.85. The Morgan fingerprint density at radius 3 is 2.97 bits per heavy atom. The number of aromatic nitrogens is 5. The predicted octanol–water partition coefficient (Wildman–Crippen LogP) is 2.97. The Morgan fingerprint density at radius 1 is 1.37 bits per heavy atom. The van der Waals surface area contributed by atoms with Crippen molar-refractivity contribution in [3.05, 3.63) is 51.0 Å². The molecule has 3 aromatic rings. The highest BCUT2D eigenvalue weighted by molar-refractivity contribution is 6.30. The van der Waals surface area contributed by atoms with Crippen molar-refractivity contribution in [2.24, 2.45) is 5.92 Å². The smallest absolute Gasteiger partial charge is 0.281 e. The Labute approximate surface area is 179 Å². The fourth-order valence-corrected chi connectivity index (χ4v) is 4.11. The molecule has 0 spiro atoms. The molecule has 1 saturated heterocycles. The Hall–Kier alpha value is -2.74. The topological polar surface area (TPSA) is 96.8 Å². The van der Waals surface area contributed by atoms with Crippen molar-refractivity contribution in [1.29, 1.82) is 0 Å². The van der Waals surface area contributed by atoms with Gasteiger partial charge in [-0.05, 0) is 36.5 Å². The minimum atomic E-state index is -0.307. The number of carbonyl (C=O) groups is 1. The van der Waals surface area contributed by atoms with E-state index in [0.29, 0.717) is 41.9 Å². The lowest BCUT2D eigenvalue weighted by atomic mass is 9.96. The van der Waals surface area contributed by atoms with E-state index in [1.807, 2.05) is 36.9 Å². The van der Waals surface area contributed by atoms with E-state index in [9.17, 15) is 9.59 Å². The number of nitrogens with zero attached hydrogens (tertiary/aromatic N) is 5. The molecular weight excluding hydrogens is 404 g/mol. The van der Waals surface area contributed by atoms with E-state index in [1.165, 1.54) is 0 Å². The Balaban J connectivity index is 1.62. The molecule has 1 N–H and O–H groups in total. The van der Waals surface area contributed by atoms with E-state index in [4.69, 9.17) is 16.6 Å². The third kappa shape index (κ3) is 4.38. The zero-order valence-corrected chi connectivity index (χ0v) is 17.9. The molecule has 1 fully saturated rings. The van der Waals surface area contributed by atoms with Gasteiger partial charge in [-0.1, -0.05) is 42.8 Å². The summed E-state index contributed by atoms with van der Waals surface area (Å²) in [5, 5.41) is 8.76. The second kappa shape index (κ2) is 8.55. The molecular formula is C21H25ClN6O2. The molecule has 0 saturated carbocycles. The summed E-state index contributed by atoms with van der Waals surface area (Å²) in [4.78, 5) is 34.6. The fourth-order valence-electron chi connectivity index (χ4n) is 3.90. The van der Waals surface area contributed by atoms with Crippen molar-refractivity contribution in [3.63, 3.8) is 0 Å². The third-order valence-corrected chi connectivity index (χ3v) is 5.59. The summed E-state index contributed by atoms with van der Waals surface area (Å²) in [6.07, 6.45) is 2.29. The number of hydrogen-bond acceptors (Lipinski definition) is 5. The van der Waals surface area contributed by atoms with E-state index in [1.54, 1.807) is 10.7 Å². The molecule has 4 rings (SSSR count). The number of benzene rings is 1. The van der Waals surface area contributed by atoms with Crippen LogP contribution in [0.1, 0.15) is 50.4 Å². The van der Waals surface area contributed by atoms with Gasteiger partial charge in [0.05, 0.1) is 6.54 Å². The molecule has 30 heavy (non-hydrogen) atoms. The van der Waals surface area contributed by atoms with Gasteiger partial charge in [-0.2, -0.15) is 0 Å². The number of halogens is 1. The van der Waals surface area contributed by atoms with Crippen LogP contribution in [0.25, 0.3) is 11.2 Å². The maximum Gasteiger partial charge on any atom is 0.281 e. The lowest BCUT2D eigenvalue weighted by Gasteiger charge is -2.32. The third-order valence-electron chi connectivity index (χ3n) is 5.36. The first-order valence-corrected chi connectivity index (χ1v) is 10.6. The van der Waals surface area contributed by atoms with Gasteiger partial charge < -0.3 is 9.88 Å². The first kappa shape index (κ1) is 20.5. The number of aromatic amines is 1. The van der Waals surface area contributed by atoms with Crippen LogP contribution in [-0.2, 0) is 11.3 Å². The molecule has 1 amide bonds. The zero-order chi connectivity index (χ0) is 21.3. The SMILES string of the molecule is CC(C)CC(=O)N1CCCC(c2nc3c(nnn3Cc3cccc(Cl)c3)c(=O)[nH]2)C1. The number of carbonyl (C=O) groups excluding carboxylic acids is 1. The second-order valence-corrected chi connectivity index (χ2v) is 8.71. The van der Waals surface area contributed by atoms with Crippen LogP contribution in [0.2, 0.25) is 5.02 Å². The molecule has 2 aromatic heterocycles. The van der Waals surface area contributed by atoms with Crippen molar-refractivity contribution in [2.75, 3.05) is 13.1 Å². The molecule has 0 bridgehead atoms. The van der Waals surface area contributed by atoms with Gasteiger partial charge in [0.25, 0.3) is 5.56 Å². The summed E-state index contributed by atoms with van der Waals surface area (Å²) in [6.45, 7) is 5.82. The summed E-state index contributed by atoms with van der Waals surface area (Å²) in [5.74, 6) is 1.05. The van der Waals surface area contributed by atoms with Gasteiger partial charge in [0.15, 0.2) is 11.2 Å². The first-order chi connectivity index (χ1) is 14.4. The number of nitrogens with one attached hydrogen (secondary N) is 1. The zero-order valence-electron chi connectivity index (χ0n) is 17.1. The average molecular weight is 429 g/mol. The van der Waals surface area contributed by atoms with Crippen LogP contribution in [0.4, 0.5) is 0 Å². The molecule has 8 nitrogen and oxygen atoms in total. The van der Waals surface area contributed by atoms with E-state index >= 15 is 0 Å². The Bertz CT molecular complexity index is 1120. The normalized spacial score (nSPS) is 17.1. The first-order valence-electron chi connectivity index (χ1n) is 10.3. The number of amides is 1. The second-order valence-electron chi connectivity index (χ2n) is 8.28. The number of rotatable bonds is 5. The molecule has 0 radical (unpaired) electrons. The quantitative estimate of drug-likeness (QED) is 0.673. The van der Waals surface area contributed by atoms with Crippen molar-refractivity contribution < 1.29 is 4.79 Å². The number of likely N-dealkylation sites (tertiary alicyclic amines) is 1. The molecule has 0 aliphatic carbocycles. The highest BCUT2D eigenvalue weighted by atomic mass is 35.5. The van der Waals surface area contributed by atoms with Gasteiger partial charge in [0.2, 0.25) is 5.91 Å². The summed E-state index contributed by atoms with van der Waals surface area (Å²) in [7, 11) is 0. The number of hydrogen-bond donors (Lipinski definition) is 1. The number of fused-ring (bicyclic) bond motifs is 1. The van der Waals surface area contributed by atoms with Crippen LogP contribution < -0.4 is 5.56 Å². The monoisotopic (exact) mass is 428 g/mol. The Morgan fingerprint density at radius 2 is 2.20 bits per heavy atom. The maximum atomic E-state index is 12.6. The lowest BCUT2D eigenvalue weighted by molar-refractivity contribution is -0.133. The van der Waals surface area contributed by atoms with Gasteiger partial charge >= 0.3 is 0 Å². The lowest BCUT2D eigenvalue weighted by Crippen LogP contribution is -2.40.